The van der Waals surface area contributed by atoms with E-state index in [0.717, 1.165) is 43.2 Å². The third-order valence-electron chi connectivity index (χ3n) is 7.13. The summed E-state index contributed by atoms with van der Waals surface area (Å²) in [5, 5.41) is 3.77. The predicted octanol–water partition coefficient (Wildman–Crippen LogP) is 6.41. The van der Waals surface area contributed by atoms with Gasteiger partial charge < -0.3 is 9.80 Å². The number of aromatic nitrogens is 1. The minimum atomic E-state index is -4.12. The van der Waals surface area contributed by atoms with E-state index in [9.17, 15) is 25.9 Å². The number of nitrogens with zero attached hydrogens (tertiary/aromatic N) is 3. The highest BCUT2D eigenvalue weighted by molar-refractivity contribution is 7.86. The van der Waals surface area contributed by atoms with Crippen LogP contribution in [0.4, 0.5) is 11.4 Å². The van der Waals surface area contributed by atoms with Gasteiger partial charge in [-0.25, -0.2) is 0 Å². The molecule has 0 radical (unpaired) electrons. The van der Waals surface area contributed by atoms with Crippen LogP contribution in [0.15, 0.2) is 66.5 Å². The van der Waals surface area contributed by atoms with E-state index < -0.39 is 20.2 Å². The number of hydrogen-bond donors (Lipinski definition) is 2. The molecule has 0 amide bonds. The molecule has 2 heterocycles. The van der Waals surface area contributed by atoms with Gasteiger partial charge in [-0.3, -0.25) is 9.11 Å². The van der Waals surface area contributed by atoms with Gasteiger partial charge in [0.1, 0.15) is 10.5 Å². The molecule has 1 aromatic heterocycles. The maximum absolute atomic E-state index is 11.4. The molecule has 2 N–H and O–H groups in total. The third-order valence-corrected chi connectivity index (χ3v) is 10.6. The molecule has 0 aliphatic carbocycles. The number of fused-ring (bicyclic) bond motifs is 4. The quantitative estimate of drug-likeness (QED) is 0.138. The monoisotopic (exact) mass is 682 g/mol. The molecule has 0 spiro atoms. The zero-order valence-corrected chi connectivity index (χ0v) is 27.1. The van der Waals surface area contributed by atoms with Gasteiger partial charge >= 0.3 is 0 Å². The van der Waals surface area contributed by atoms with E-state index >= 15 is 0 Å². The lowest BCUT2D eigenvalue weighted by atomic mass is 10.1. The second-order valence-electron chi connectivity index (χ2n) is 10.0. The summed E-state index contributed by atoms with van der Waals surface area (Å²) in [5.41, 5.74) is 2.60. The fraction of sp³-hybridized carbons (Fsp3) is 0.276. The predicted molar refractivity (Wildman–Crippen MR) is 176 cm³/mol. The number of rotatable bonds is 11. The van der Waals surface area contributed by atoms with Gasteiger partial charge in [-0.05, 0) is 49.1 Å². The largest absolute Gasteiger partial charge is 0.326 e. The third kappa shape index (κ3) is 7.17. The Kier molecular flexibility index (Phi) is 9.38. The van der Waals surface area contributed by atoms with Crippen molar-refractivity contribution in [1.29, 1.82) is 0 Å². The van der Waals surface area contributed by atoms with E-state index in [1.165, 1.54) is 0 Å². The van der Waals surface area contributed by atoms with Gasteiger partial charge in [0.15, 0.2) is 6.54 Å². The zero-order valence-electron chi connectivity index (χ0n) is 23.2. The van der Waals surface area contributed by atoms with Crippen molar-refractivity contribution in [2.24, 2.45) is 0 Å². The number of benzene rings is 3. The first-order chi connectivity index (χ1) is 20.4. The van der Waals surface area contributed by atoms with Crippen molar-refractivity contribution in [3.63, 3.8) is 0 Å². The smallest absolute Gasteiger partial charge is 0.265 e. The van der Waals surface area contributed by atoms with Crippen LogP contribution in [0, 0.1) is 0 Å². The van der Waals surface area contributed by atoms with E-state index in [0.29, 0.717) is 29.7 Å². The Balaban J connectivity index is 1.55. The Hall–Kier alpha value is -2.71. The van der Waals surface area contributed by atoms with Gasteiger partial charge in [0.2, 0.25) is 5.52 Å². The molecule has 43 heavy (non-hydrogen) atoms. The lowest BCUT2D eigenvalue weighted by molar-refractivity contribution is -0.667. The lowest BCUT2D eigenvalue weighted by Crippen LogP contribution is -2.36. The summed E-state index contributed by atoms with van der Waals surface area (Å²) in [4.78, 5) is 4.00. The average molecular weight is 684 g/mol. The minimum absolute atomic E-state index is 0.189. The Morgan fingerprint density at radius 3 is 2.23 bits per heavy atom. The van der Waals surface area contributed by atoms with Gasteiger partial charge in [-0.15, -0.1) is 0 Å². The molecule has 0 saturated carbocycles. The van der Waals surface area contributed by atoms with Crippen molar-refractivity contribution in [3.05, 3.63) is 81.6 Å². The van der Waals surface area contributed by atoms with Crippen molar-refractivity contribution >= 4 is 93.2 Å². The maximum atomic E-state index is 11.4. The first-order valence-electron chi connectivity index (χ1n) is 13.5. The molecule has 228 valence electrons. The molecule has 1 aliphatic heterocycles. The Labute approximate surface area is 264 Å². The summed E-state index contributed by atoms with van der Waals surface area (Å²) in [7, 11) is -8.22. The highest BCUT2D eigenvalue weighted by atomic mass is 35.5. The second kappa shape index (κ2) is 12.7. The number of anilines is 2. The van der Waals surface area contributed by atoms with E-state index in [4.69, 9.17) is 23.2 Å². The van der Waals surface area contributed by atoms with Crippen molar-refractivity contribution < 1.29 is 30.5 Å². The van der Waals surface area contributed by atoms with Crippen molar-refractivity contribution in [1.82, 2.24) is 0 Å². The summed E-state index contributed by atoms with van der Waals surface area (Å²) in [5.74, 6) is 0.0593. The summed E-state index contributed by atoms with van der Waals surface area (Å²) in [6, 6.07) is 15.6. The Morgan fingerprint density at radius 1 is 0.907 bits per heavy atom. The highest BCUT2D eigenvalue weighted by Crippen LogP contribution is 2.45. The summed E-state index contributed by atoms with van der Waals surface area (Å²) >= 11 is 14.3. The Morgan fingerprint density at radius 2 is 1.56 bits per heavy atom. The molecule has 0 atom stereocenters. The molecular formula is C29H30Cl2N3O6S3+. The van der Waals surface area contributed by atoms with E-state index in [1.807, 2.05) is 65.3 Å². The highest BCUT2D eigenvalue weighted by Gasteiger charge is 2.31. The van der Waals surface area contributed by atoms with Crippen LogP contribution >= 0.6 is 34.5 Å². The molecule has 1 aliphatic rings. The number of aryl methyl sites for hydroxylation is 1. The number of allylic oxidation sites excluding steroid dienone is 2. The standard InChI is InChI=1S/C29H29Cl2N3O6S3/c1-2-32-24-18-22(30)23(31)19-25(24)33(14-6-16-42(35,36)37)27(32)10-5-11-28-34(15-7-17-43(38,39)40)29-21-9-4-3-8-20(21)12-13-26(29)41-28/h3-5,8-13,18-19H,2,6-7,14-17H2,1H3,(H-,35,36,37,38,39,40)/p+1. The van der Waals surface area contributed by atoms with Gasteiger partial charge in [0.05, 0.1) is 38.3 Å². The van der Waals surface area contributed by atoms with Crippen LogP contribution in [0.2, 0.25) is 10.0 Å². The summed E-state index contributed by atoms with van der Waals surface area (Å²) in [6.45, 7) is 3.29. The van der Waals surface area contributed by atoms with Gasteiger partial charge in [0.25, 0.3) is 25.2 Å². The van der Waals surface area contributed by atoms with Gasteiger partial charge in [0, 0.05) is 25.6 Å². The normalized spacial score (nSPS) is 15.0. The number of hydrogen-bond acceptors (Lipinski definition) is 7. The van der Waals surface area contributed by atoms with E-state index in [2.05, 4.69) is 10.6 Å². The van der Waals surface area contributed by atoms with Crippen LogP contribution in [0.3, 0.4) is 0 Å². The molecule has 0 saturated heterocycles. The fourth-order valence-electron chi connectivity index (χ4n) is 5.34. The topological polar surface area (TPSA) is 119 Å². The van der Waals surface area contributed by atoms with E-state index in [1.54, 1.807) is 23.5 Å². The molecule has 14 heteroatoms. The molecule has 9 nitrogen and oxygen atoms in total. The second-order valence-corrected chi connectivity index (χ2v) is 15.1. The van der Waals surface area contributed by atoms with Gasteiger partial charge in [-0.2, -0.15) is 21.4 Å². The van der Waals surface area contributed by atoms with Gasteiger partial charge in [-0.1, -0.05) is 64.9 Å². The molecule has 4 aromatic rings. The fourth-order valence-corrected chi connectivity index (χ4v) is 7.77. The van der Waals surface area contributed by atoms with Crippen LogP contribution in [-0.2, 0) is 26.8 Å². The van der Waals surface area contributed by atoms with Crippen LogP contribution in [0.25, 0.3) is 27.1 Å². The first-order valence-corrected chi connectivity index (χ1v) is 18.3. The lowest BCUT2D eigenvalue weighted by Gasteiger charge is -2.24. The maximum Gasteiger partial charge on any atom is 0.265 e. The zero-order chi connectivity index (χ0) is 30.9. The first kappa shape index (κ1) is 31.7. The number of halogens is 2. The Bertz CT molecular complexity index is 1970. The molecule has 0 fully saturated rings. The molecule has 5 rings (SSSR count). The van der Waals surface area contributed by atoms with Crippen molar-refractivity contribution in [2.45, 2.75) is 26.3 Å². The van der Waals surface area contributed by atoms with Crippen LogP contribution in [-0.4, -0.2) is 50.5 Å². The summed E-state index contributed by atoms with van der Waals surface area (Å²) in [6.07, 6.45) is 6.20. The average Bonchev–Trinajstić information content (AvgIpc) is 3.42. The van der Waals surface area contributed by atoms with Crippen molar-refractivity contribution in [3.8, 4) is 0 Å². The minimum Gasteiger partial charge on any atom is -0.326 e. The SMILES string of the molecule is CCN1/C(=C\C=C\c2sc3ccc4ccccc4c3[n+]2CCCS(=O)(=O)O)N(CCCS(=O)(=O)O)c2cc(Cl)c(Cl)cc21. The van der Waals surface area contributed by atoms with Crippen LogP contribution < -0.4 is 14.4 Å². The molecule has 0 unspecified atom stereocenters. The summed E-state index contributed by atoms with van der Waals surface area (Å²) < 4.78 is 67.4. The molecule has 0 bridgehead atoms. The van der Waals surface area contributed by atoms with E-state index in [-0.39, 0.29) is 24.3 Å². The van der Waals surface area contributed by atoms with Crippen LogP contribution in [0.5, 0.6) is 0 Å². The number of thiazole rings is 1. The molecular weight excluding hydrogens is 653 g/mol. The molecule has 3 aromatic carbocycles. The van der Waals surface area contributed by atoms with Crippen LogP contribution in [0.1, 0.15) is 24.8 Å². The van der Waals surface area contributed by atoms with Crippen molar-refractivity contribution in [2.75, 3.05) is 34.4 Å².